The molecule has 0 amide bonds. The first-order chi connectivity index (χ1) is 8.54. The molecule has 18 heavy (non-hydrogen) atoms. The Bertz CT molecular complexity index is 656. The molecule has 0 saturated heterocycles. The van der Waals surface area contributed by atoms with Gasteiger partial charge in [-0.25, -0.2) is 0 Å². The highest BCUT2D eigenvalue weighted by molar-refractivity contribution is 14.1. The summed E-state index contributed by atoms with van der Waals surface area (Å²) in [4.78, 5) is 0. The summed E-state index contributed by atoms with van der Waals surface area (Å²) in [7, 11) is 0. The zero-order chi connectivity index (χ0) is 13.3. The summed E-state index contributed by atoms with van der Waals surface area (Å²) in [5, 5.41) is 9.94. The van der Waals surface area contributed by atoms with E-state index in [-0.39, 0.29) is 0 Å². The minimum absolute atomic E-state index is 0.667. The van der Waals surface area contributed by atoms with Crippen molar-refractivity contribution in [2.75, 3.05) is 0 Å². The molecule has 2 aromatic rings. The van der Waals surface area contributed by atoms with Gasteiger partial charge in [0.2, 0.25) is 0 Å². The molecular formula is C15H11ClIN. The zero-order valence-electron chi connectivity index (χ0n) is 10.1. The Labute approximate surface area is 126 Å². The van der Waals surface area contributed by atoms with Crippen molar-refractivity contribution < 1.29 is 0 Å². The van der Waals surface area contributed by atoms with Gasteiger partial charge in [0.05, 0.1) is 11.6 Å². The molecular weight excluding hydrogens is 357 g/mol. The molecule has 0 spiro atoms. The number of benzene rings is 2. The number of nitriles is 1. The van der Waals surface area contributed by atoms with Crippen LogP contribution < -0.4 is 0 Å². The van der Waals surface area contributed by atoms with Gasteiger partial charge in [0.15, 0.2) is 0 Å². The lowest BCUT2D eigenvalue weighted by atomic mass is 9.94. The van der Waals surface area contributed by atoms with Crippen molar-refractivity contribution in [1.82, 2.24) is 0 Å². The van der Waals surface area contributed by atoms with Crippen LogP contribution in [0.25, 0.3) is 11.1 Å². The normalized spacial score (nSPS) is 10.2. The lowest BCUT2D eigenvalue weighted by molar-refractivity contribution is 1.37. The van der Waals surface area contributed by atoms with Gasteiger partial charge in [-0.1, -0.05) is 23.2 Å². The molecule has 0 aromatic heterocycles. The van der Waals surface area contributed by atoms with Gasteiger partial charge in [-0.2, -0.15) is 5.26 Å². The maximum atomic E-state index is 9.26. The maximum absolute atomic E-state index is 9.26. The van der Waals surface area contributed by atoms with Crippen LogP contribution in [-0.4, -0.2) is 0 Å². The van der Waals surface area contributed by atoms with Crippen LogP contribution in [0, 0.1) is 28.7 Å². The number of aryl methyl sites for hydroxylation is 1. The lowest BCUT2D eigenvalue weighted by Crippen LogP contribution is -1.93. The third-order valence-corrected chi connectivity index (χ3v) is 4.41. The van der Waals surface area contributed by atoms with Crippen molar-refractivity contribution in [3.05, 3.63) is 55.6 Å². The molecule has 2 rings (SSSR count). The van der Waals surface area contributed by atoms with Gasteiger partial charge in [-0.3, -0.25) is 0 Å². The molecule has 0 fully saturated rings. The first-order valence-corrected chi connectivity index (χ1v) is 6.96. The van der Waals surface area contributed by atoms with Gasteiger partial charge in [0.25, 0.3) is 0 Å². The van der Waals surface area contributed by atoms with E-state index < -0.39 is 0 Å². The van der Waals surface area contributed by atoms with Crippen molar-refractivity contribution >= 4 is 34.2 Å². The summed E-state index contributed by atoms with van der Waals surface area (Å²) < 4.78 is 1.14. The van der Waals surface area contributed by atoms with Crippen molar-refractivity contribution in [1.29, 1.82) is 5.26 Å². The van der Waals surface area contributed by atoms with E-state index in [2.05, 4.69) is 28.7 Å². The molecule has 2 aromatic carbocycles. The fourth-order valence-corrected chi connectivity index (χ4v) is 2.62. The number of hydrogen-bond donors (Lipinski definition) is 0. The molecule has 0 atom stereocenters. The summed E-state index contributed by atoms with van der Waals surface area (Å²) in [6, 6.07) is 11.9. The predicted octanol–water partition coefficient (Wildman–Crippen LogP) is 5.10. The average molecular weight is 368 g/mol. The van der Waals surface area contributed by atoms with Gasteiger partial charge < -0.3 is 0 Å². The molecule has 0 aliphatic heterocycles. The number of nitrogens with zero attached hydrogens (tertiary/aromatic N) is 1. The van der Waals surface area contributed by atoms with Crippen LogP contribution in [0.1, 0.15) is 16.7 Å². The molecule has 0 aliphatic carbocycles. The summed E-state index contributed by atoms with van der Waals surface area (Å²) in [5.74, 6) is 0. The molecule has 0 radical (unpaired) electrons. The van der Waals surface area contributed by atoms with Crippen molar-refractivity contribution in [2.45, 2.75) is 13.8 Å². The smallest absolute Gasteiger partial charge is 0.0998 e. The molecule has 3 heteroatoms. The fraction of sp³-hybridized carbons (Fsp3) is 0.133. The molecule has 90 valence electrons. The van der Waals surface area contributed by atoms with E-state index in [1.54, 1.807) is 0 Å². The van der Waals surface area contributed by atoms with E-state index in [1.165, 1.54) is 0 Å². The summed E-state index contributed by atoms with van der Waals surface area (Å²) >= 11 is 8.55. The van der Waals surface area contributed by atoms with E-state index in [4.69, 9.17) is 11.6 Å². The highest BCUT2D eigenvalue weighted by Gasteiger charge is 2.13. The fourth-order valence-electron chi connectivity index (χ4n) is 1.96. The Morgan fingerprint density at radius 2 is 1.89 bits per heavy atom. The Morgan fingerprint density at radius 3 is 2.56 bits per heavy atom. The summed E-state index contributed by atoms with van der Waals surface area (Å²) in [5.41, 5.74) is 4.78. The van der Waals surface area contributed by atoms with Gasteiger partial charge in [-0.05, 0) is 66.3 Å². The van der Waals surface area contributed by atoms with E-state index in [9.17, 15) is 5.26 Å². The minimum Gasteiger partial charge on any atom is -0.192 e. The molecule has 0 heterocycles. The highest BCUT2D eigenvalue weighted by atomic mass is 127. The third kappa shape index (κ3) is 2.38. The number of halogens is 2. The molecule has 0 saturated carbocycles. The zero-order valence-corrected chi connectivity index (χ0v) is 13.0. The van der Waals surface area contributed by atoms with Crippen LogP contribution in [0.2, 0.25) is 5.02 Å². The Balaban J connectivity index is 2.82. The van der Waals surface area contributed by atoms with Crippen LogP contribution in [0.15, 0.2) is 30.3 Å². The van der Waals surface area contributed by atoms with Crippen LogP contribution in [0.3, 0.4) is 0 Å². The topological polar surface area (TPSA) is 23.8 Å². The Kier molecular flexibility index (Phi) is 3.94. The van der Waals surface area contributed by atoms with Crippen LogP contribution in [0.4, 0.5) is 0 Å². The van der Waals surface area contributed by atoms with Crippen LogP contribution in [-0.2, 0) is 0 Å². The second-order valence-electron chi connectivity index (χ2n) is 4.19. The van der Waals surface area contributed by atoms with E-state index >= 15 is 0 Å². The maximum Gasteiger partial charge on any atom is 0.0998 e. The van der Waals surface area contributed by atoms with Crippen LogP contribution >= 0.6 is 34.2 Å². The lowest BCUT2D eigenvalue weighted by Gasteiger charge is -2.12. The standard InChI is InChI=1S/C15H11ClIN/c1-9-3-5-13(16)12(7-9)15-10(2)14(17)6-4-11(15)8-18/h3-7H,1-2H3. The molecule has 1 nitrogen and oxygen atoms in total. The highest BCUT2D eigenvalue weighted by Crippen LogP contribution is 2.35. The van der Waals surface area contributed by atoms with E-state index in [1.807, 2.05) is 44.2 Å². The largest absolute Gasteiger partial charge is 0.192 e. The van der Waals surface area contributed by atoms with Crippen molar-refractivity contribution in [3.8, 4) is 17.2 Å². The molecule has 0 bridgehead atoms. The average Bonchev–Trinajstić information content (AvgIpc) is 2.36. The molecule has 0 unspecified atom stereocenters. The Hall–Kier alpha value is -1.05. The molecule has 0 aliphatic rings. The van der Waals surface area contributed by atoms with Gasteiger partial charge in [-0.15, -0.1) is 0 Å². The third-order valence-electron chi connectivity index (χ3n) is 2.91. The predicted molar refractivity (Wildman–Crippen MR) is 83.8 cm³/mol. The number of rotatable bonds is 1. The van der Waals surface area contributed by atoms with Crippen molar-refractivity contribution in [3.63, 3.8) is 0 Å². The second-order valence-corrected chi connectivity index (χ2v) is 5.76. The van der Waals surface area contributed by atoms with Crippen molar-refractivity contribution in [2.24, 2.45) is 0 Å². The first kappa shape index (κ1) is 13.4. The van der Waals surface area contributed by atoms with Gasteiger partial charge >= 0.3 is 0 Å². The van der Waals surface area contributed by atoms with Gasteiger partial charge in [0.1, 0.15) is 0 Å². The van der Waals surface area contributed by atoms with Gasteiger partial charge in [0, 0.05) is 19.7 Å². The summed E-state index contributed by atoms with van der Waals surface area (Å²) in [6.45, 7) is 4.05. The van der Waals surface area contributed by atoms with E-state index in [0.29, 0.717) is 10.6 Å². The SMILES string of the molecule is Cc1ccc(Cl)c(-c2c(C#N)ccc(I)c2C)c1. The second kappa shape index (κ2) is 5.29. The van der Waals surface area contributed by atoms with E-state index in [0.717, 1.165) is 25.8 Å². The Morgan fingerprint density at radius 1 is 1.17 bits per heavy atom. The molecule has 0 N–H and O–H groups in total. The summed E-state index contributed by atoms with van der Waals surface area (Å²) in [6.07, 6.45) is 0. The van der Waals surface area contributed by atoms with Crippen LogP contribution in [0.5, 0.6) is 0 Å². The minimum atomic E-state index is 0.667. The quantitative estimate of drug-likeness (QED) is 0.643. The first-order valence-electron chi connectivity index (χ1n) is 5.50. The number of hydrogen-bond acceptors (Lipinski definition) is 1. The monoisotopic (exact) mass is 367 g/mol.